The number of carbonyl (C=O) groups excluding carboxylic acids is 2. The van der Waals surface area contributed by atoms with Crippen molar-refractivity contribution >= 4 is 28.4 Å². The Morgan fingerprint density at radius 3 is 2.50 bits per heavy atom. The van der Waals surface area contributed by atoms with Gasteiger partial charge >= 0.3 is 0 Å². The van der Waals surface area contributed by atoms with E-state index in [-0.39, 0.29) is 24.0 Å². The molecular weight excluding hydrogens is 480 g/mol. The summed E-state index contributed by atoms with van der Waals surface area (Å²) in [4.78, 5) is 31.8. The Balaban J connectivity index is 1.67. The number of nitrogens with zero attached hydrogens (tertiary/aromatic N) is 1. The van der Waals surface area contributed by atoms with Crippen LogP contribution in [-0.4, -0.2) is 39.9 Å². The van der Waals surface area contributed by atoms with Gasteiger partial charge in [0, 0.05) is 33.8 Å². The molecule has 1 aliphatic heterocycles. The van der Waals surface area contributed by atoms with Gasteiger partial charge in [-0.05, 0) is 56.7 Å². The number of ketones is 1. The first-order valence-corrected chi connectivity index (χ1v) is 12.5. The van der Waals surface area contributed by atoms with E-state index in [4.69, 9.17) is 9.47 Å². The number of benzene rings is 3. The monoisotopic (exact) mass is 510 g/mol. The molecule has 0 aliphatic carbocycles. The maximum atomic E-state index is 13.5. The lowest BCUT2D eigenvalue weighted by Gasteiger charge is -2.25. The molecule has 0 bridgehead atoms. The van der Waals surface area contributed by atoms with Crippen LogP contribution in [0.3, 0.4) is 0 Å². The van der Waals surface area contributed by atoms with Gasteiger partial charge in [-0.3, -0.25) is 9.59 Å². The van der Waals surface area contributed by atoms with Crippen LogP contribution in [0.15, 0.2) is 78.5 Å². The topological polar surface area (TPSA) is 91.9 Å². The summed E-state index contributed by atoms with van der Waals surface area (Å²) in [6.07, 6.45) is 1.80. The molecule has 2 heterocycles. The lowest BCUT2D eigenvalue weighted by Crippen LogP contribution is -2.29. The highest BCUT2D eigenvalue weighted by atomic mass is 16.5. The predicted octanol–water partition coefficient (Wildman–Crippen LogP) is 5.89. The Bertz CT molecular complexity index is 1570. The number of aromatic nitrogens is 1. The molecule has 3 aromatic carbocycles. The minimum absolute atomic E-state index is 0.00433. The third-order valence-electron chi connectivity index (χ3n) is 6.80. The number of rotatable bonds is 7. The second kappa shape index (κ2) is 10.1. The number of likely N-dealkylation sites (tertiary alicyclic amines) is 1. The van der Waals surface area contributed by atoms with E-state index in [0.29, 0.717) is 17.1 Å². The second-order valence-electron chi connectivity index (χ2n) is 9.68. The summed E-state index contributed by atoms with van der Waals surface area (Å²) < 4.78 is 11.3. The zero-order valence-electron chi connectivity index (χ0n) is 21.8. The number of aliphatic hydroxyl groups excluding tert-OH is 1. The highest BCUT2D eigenvalue weighted by Crippen LogP contribution is 2.43. The number of Topliss-reactive ketones (excluding diaryl/α,β-unsaturated/α-hetero) is 1. The van der Waals surface area contributed by atoms with E-state index in [1.807, 2.05) is 69.3 Å². The normalized spacial score (nSPS) is 17.0. The number of carbonyl (C=O) groups is 2. The average molecular weight is 511 g/mol. The van der Waals surface area contributed by atoms with Gasteiger partial charge in [-0.25, -0.2) is 0 Å². The first kappa shape index (κ1) is 25.1. The van der Waals surface area contributed by atoms with E-state index in [0.717, 1.165) is 27.6 Å². The van der Waals surface area contributed by atoms with Crippen molar-refractivity contribution in [2.24, 2.45) is 0 Å². The molecule has 1 aliphatic rings. The number of methoxy groups -OCH3 is 1. The summed E-state index contributed by atoms with van der Waals surface area (Å²) in [6.45, 7) is 5.90. The molecule has 38 heavy (non-hydrogen) atoms. The molecule has 7 heteroatoms. The standard InChI is InChI=1S/C31H30N2O5/c1-18(2)38-25-14-13-20(15-19(25)3)29(34)27-28(23-16-32-24-11-7-6-10-22(23)24)33(31(36)30(27)35)17-21-9-5-8-12-26(21)37-4/h5-16,18,28,32,34H,17H2,1-4H3/b29-27+. The van der Waals surface area contributed by atoms with Gasteiger partial charge in [-0.2, -0.15) is 0 Å². The number of hydrogen-bond acceptors (Lipinski definition) is 5. The predicted molar refractivity (Wildman–Crippen MR) is 146 cm³/mol. The van der Waals surface area contributed by atoms with Gasteiger partial charge in [0.05, 0.1) is 31.4 Å². The summed E-state index contributed by atoms with van der Waals surface area (Å²) >= 11 is 0. The van der Waals surface area contributed by atoms with Crippen molar-refractivity contribution in [1.82, 2.24) is 9.88 Å². The van der Waals surface area contributed by atoms with E-state index in [1.165, 1.54) is 4.90 Å². The average Bonchev–Trinajstić information content (AvgIpc) is 3.44. The Kier molecular flexibility index (Phi) is 6.68. The van der Waals surface area contributed by atoms with Gasteiger partial charge in [0.2, 0.25) is 0 Å². The third-order valence-corrected chi connectivity index (χ3v) is 6.80. The summed E-state index contributed by atoms with van der Waals surface area (Å²) in [7, 11) is 1.57. The van der Waals surface area contributed by atoms with Gasteiger partial charge < -0.3 is 24.5 Å². The molecule has 194 valence electrons. The van der Waals surface area contributed by atoms with E-state index in [2.05, 4.69) is 4.98 Å². The molecule has 0 saturated carbocycles. The van der Waals surface area contributed by atoms with Crippen molar-refractivity contribution in [2.75, 3.05) is 7.11 Å². The molecule has 0 radical (unpaired) electrons. The largest absolute Gasteiger partial charge is 0.507 e. The van der Waals surface area contributed by atoms with Crippen LogP contribution in [0.5, 0.6) is 11.5 Å². The van der Waals surface area contributed by atoms with Gasteiger partial charge in [-0.15, -0.1) is 0 Å². The number of fused-ring (bicyclic) bond motifs is 1. The first-order chi connectivity index (χ1) is 18.3. The van der Waals surface area contributed by atoms with Gasteiger partial charge in [-0.1, -0.05) is 36.4 Å². The fraction of sp³-hybridized carbons (Fsp3) is 0.226. The van der Waals surface area contributed by atoms with Crippen LogP contribution >= 0.6 is 0 Å². The van der Waals surface area contributed by atoms with Crippen LogP contribution in [0.4, 0.5) is 0 Å². The lowest BCUT2D eigenvalue weighted by atomic mass is 9.94. The third kappa shape index (κ3) is 4.41. The maximum Gasteiger partial charge on any atom is 0.295 e. The van der Waals surface area contributed by atoms with Crippen LogP contribution in [-0.2, 0) is 16.1 Å². The van der Waals surface area contributed by atoms with Gasteiger partial charge in [0.15, 0.2) is 0 Å². The number of aromatic amines is 1. The molecule has 1 aromatic heterocycles. The maximum absolute atomic E-state index is 13.5. The van der Waals surface area contributed by atoms with E-state index < -0.39 is 17.7 Å². The van der Waals surface area contributed by atoms with E-state index in [1.54, 1.807) is 31.5 Å². The number of para-hydroxylation sites is 2. The quantitative estimate of drug-likeness (QED) is 0.184. The van der Waals surface area contributed by atoms with Crippen LogP contribution in [0.25, 0.3) is 16.7 Å². The van der Waals surface area contributed by atoms with Crippen LogP contribution in [0, 0.1) is 6.92 Å². The lowest BCUT2D eigenvalue weighted by molar-refractivity contribution is -0.140. The molecular formula is C31H30N2O5. The van der Waals surface area contributed by atoms with Crippen molar-refractivity contribution in [3.8, 4) is 11.5 Å². The SMILES string of the molecule is COc1ccccc1CN1C(=O)C(=O)/C(=C(/O)c2ccc(OC(C)C)c(C)c2)C1c1c[nH]c2ccccc12. The Morgan fingerprint density at radius 1 is 1.03 bits per heavy atom. The number of nitrogens with one attached hydrogen (secondary N) is 1. The number of aryl methyl sites for hydroxylation is 1. The number of amides is 1. The summed E-state index contributed by atoms with van der Waals surface area (Å²) in [5.41, 5.74) is 3.66. The molecule has 5 rings (SSSR count). The minimum Gasteiger partial charge on any atom is -0.507 e. The zero-order chi connectivity index (χ0) is 27.0. The highest BCUT2D eigenvalue weighted by molar-refractivity contribution is 6.46. The van der Waals surface area contributed by atoms with Crippen molar-refractivity contribution in [2.45, 2.75) is 39.5 Å². The summed E-state index contributed by atoms with van der Waals surface area (Å²) in [5, 5.41) is 12.4. The molecule has 1 fully saturated rings. The Morgan fingerprint density at radius 2 is 1.76 bits per heavy atom. The van der Waals surface area contributed by atoms with Crippen LogP contribution < -0.4 is 9.47 Å². The minimum atomic E-state index is -0.803. The summed E-state index contributed by atoms with van der Waals surface area (Å²) in [6, 6.07) is 19.5. The first-order valence-electron chi connectivity index (χ1n) is 12.5. The van der Waals surface area contributed by atoms with Crippen LogP contribution in [0.2, 0.25) is 0 Å². The van der Waals surface area contributed by atoms with Gasteiger partial charge in [0.1, 0.15) is 17.3 Å². The van der Waals surface area contributed by atoms with Crippen molar-refractivity contribution in [3.63, 3.8) is 0 Å². The van der Waals surface area contributed by atoms with E-state index >= 15 is 0 Å². The Hall–Kier alpha value is -4.52. The molecule has 1 amide bonds. The Labute approximate surface area is 221 Å². The van der Waals surface area contributed by atoms with Crippen molar-refractivity contribution in [3.05, 3.63) is 101 Å². The molecule has 1 unspecified atom stereocenters. The van der Waals surface area contributed by atoms with Crippen LogP contribution in [0.1, 0.15) is 42.1 Å². The molecule has 2 N–H and O–H groups in total. The number of aliphatic hydroxyl groups is 1. The number of ether oxygens (including phenoxy) is 2. The van der Waals surface area contributed by atoms with Gasteiger partial charge in [0.25, 0.3) is 11.7 Å². The summed E-state index contributed by atoms with van der Waals surface area (Å²) in [5.74, 6) is -0.317. The zero-order valence-corrected chi connectivity index (χ0v) is 21.8. The number of H-pyrrole nitrogens is 1. The molecule has 4 aromatic rings. The number of hydrogen-bond donors (Lipinski definition) is 2. The van der Waals surface area contributed by atoms with Crippen molar-refractivity contribution < 1.29 is 24.2 Å². The highest BCUT2D eigenvalue weighted by Gasteiger charge is 2.47. The second-order valence-corrected chi connectivity index (χ2v) is 9.68. The molecule has 0 spiro atoms. The molecule has 1 atom stereocenters. The fourth-order valence-electron chi connectivity index (χ4n) is 5.04. The van der Waals surface area contributed by atoms with E-state index in [9.17, 15) is 14.7 Å². The molecule has 1 saturated heterocycles. The fourth-order valence-corrected chi connectivity index (χ4v) is 5.04. The molecule has 7 nitrogen and oxygen atoms in total. The smallest absolute Gasteiger partial charge is 0.295 e. The van der Waals surface area contributed by atoms with Crippen molar-refractivity contribution in [1.29, 1.82) is 0 Å².